The fraction of sp³-hybridized carbons (Fsp3) is 0.133. The van der Waals surface area contributed by atoms with Gasteiger partial charge in [-0.3, -0.25) is 14.6 Å². The van der Waals surface area contributed by atoms with E-state index in [1.165, 1.54) is 24.3 Å². The van der Waals surface area contributed by atoms with Gasteiger partial charge >= 0.3 is 0 Å². The van der Waals surface area contributed by atoms with E-state index in [4.69, 9.17) is 17.3 Å². The lowest BCUT2D eigenvalue weighted by Crippen LogP contribution is -2.25. The first-order chi connectivity index (χ1) is 10.9. The number of primary amides is 1. The van der Waals surface area contributed by atoms with Crippen molar-refractivity contribution in [3.8, 4) is 0 Å². The lowest BCUT2D eigenvalue weighted by Gasteiger charge is -2.08. The Bertz CT molecular complexity index is 768. The Hall–Kier alpha value is -2.51. The number of carbonyl (C=O) groups excluding carboxylic acids is 2. The van der Waals surface area contributed by atoms with E-state index in [0.29, 0.717) is 5.56 Å². The number of aliphatic hydroxyl groups excluding tert-OH is 1. The topological polar surface area (TPSA) is 105 Å². The molecular weight excluding hydrogens is 325 g/mol. The molecule has 120 valence electrons. The summed E-state index contributed by atoms with van der Waals surface area (Å²) in [4.78, 5) is 27.0. The molecule has 0 radical (unpaired) electrons. The van der Waals surface area contributed by atoms with Crippen LogP contribution >= 0.6 is 11.6 Å². The van der Waals surface area contributed by atoms with Gasteiger partial charge in [-0.05, 0) is 29.3 Å². The van der Waals surface area contributed by atoms with Crippen molar-refractivity contribution in [2.45, 2.75) is 13.2 Å². The molecule has 2 aromatic rings. The van der Waals surface area contributed by atoms with E-state index in [1.54, 1.807) is 0 Å². The molecule has 1 heterocycles. The average molecular weight is 338 g/mol. The highest BCUT2D eigenvalue weighted by molar-refractivity contribution is 6.30. The number of carbonyl (C=O) groups is 2. The normalized spacial score (nSPS) is 10.4. The zero-order valence-electron chi connectivity index (χ0n) is 11.8. The number of halogens is 2. The Morgan fingerprint density at radius 1 is 1.35 bits per heavy atom. The van der Waals surface area contributed by atoms with Crippen LogP contribution in [-0.2, 0) is 13.2 Å². The number of nitrogens with two attached hydrogens (primary N) is 1. The SMILES string of the molecule is NC(=O)c1cnc(C(=O)NCc2ccc(F)c(Cl)c2)cc1CO. The molecule has 0 aliphatic heterocycles. The Morgan fingerprint density at radius 3 is 2.70 bits per heavy atom. The largest absolute Gasteiger partial charge is 0.392 e. The fourth-order valence-electron chi connectivity index (χ4n) is 1.90. The Morgan fingerprint density at radius 2 is 2.09 bits per heavy atom. The molecule has 23 heavy (non-hydrogen) atoms. The standard InChI is InChI=1S/C15H13ClFN3O3/c16-11-3-8(1-2-12(11)17)5-20-15(23)13-4-9(7-21)10(6-19-13)14(18)22/h1-4,6,21H,5,7H2,(H2,18,22)(H,20,23). The second-order valence-electron chi connectivity index (χ2n) is 4.68. The number of nitrogens with zero attached hydrogens (tertiary/aromatic N) is 1. The number of nitrogens with one attached hydrogen (secondary N) is 1. The van der Waals surface area contributed by atoms with E-state index in [1.807, 2.05) is 0 Å². The second-order valence-corrected chi connectivity index (χ2v) is 5.09. The molecule has 0 fully saturated rings. The number of pyridine rings is 1. The highest BCUT2D eigenvalue weighted by Gasteiger charge is 2.14. The van der Waals surface area contributed by atoms with Crippen molar-refractivity contribution in [1.29, 1.82) is 0 Å². The van der Waals surface area contributed by atoms with E-state index in [0.717, 1.165) is 6.20 Å². The zero-order chi connectivity index (χ0) is 17.0. The molecule has 0 atom stereocenters. The van der Waals surface area contributed by atoms with Crippen molar-refractivity contribution in [3.63, 3.8) is 0 Å². The minimum absolute atomic E-state index is 0.0206. The molecule has 4 N–H and O–H groups in total. The van der Waals surface area contributed by atoms with E-state index in [9.17, 15) is 19.1 Å². The van der Waals surface area contributed by atoms with Crippen LogP contribution in [0.4, 0.5) is 4.39 Å². The highest BCUT2D eigenvalue weighted by atomic mass is 35.5. The van der Waals surface area contributed by atoms with Crippen LogP contribution in [0.2, 0.25) is 5.02 Å². The van der Waals surface area contributed by atoms with E-state index in [2.05, 4.69) is 10.3 Å². The number of amides is 2. The van der Waals surface area contributed by atoms with Crippen molar-refractivity contribution in [3.05, 3.63) is 63.7 Å². The maximum absolute atomic E-state index is 13.1. The van der Waals surface area contributed by atoms with Crippen molar-refractivity contribution < 1.29 is 19.1 Å². The summed E-state index contributed by atoms with van der Waals surface area (Å²) in [7, 11) is 0. The molecule has 0 spiro atoms. The van der Waals surface area contributed by atoms with Gasteiger partial charge in [-0.2, -0.15) is 0 Å². The van der Waals surface area contributed by atoms with Crippen molar-refractivity contribution in [1.82, 2.24) is 10.3 Å². The number of rotatable bonds is 5. The fourth-order valence-corrected chi connectivity index (χ4v) is 2.10. The van der Waals surface area contributed by atoms with Gasteiger partial charge in [0, 0.05) is 12.7 Å². The highest BCUT2D eigenvalue weighted by Crippen LogP contribution is 2.16. The molecule has 8 heteroatoms. The van der Waals surface area contributed by atoms with Gasteiger partial charge in [0.15, 0.2) is 0 Å². The third kappa shape index (κ3) is 4.02. The molecule has 2 amide bonds. The van der Waals surface area contributed by atoms with E-state index < -0.39 is 24.2 Å². The Kier molecular flexibility index (Phi) is 5.25. The predicted octanol–water partition coefficient (Wildman–Crippen LogP) is 1.40. The van der Waals surface area contributed by atoms with Crippen LogP contribution in [0.3, 0.4) is 0 Å². The first-order valence-corrected chi connectivity index (χ1v) is 6.92. The number of aliphatic hydroxyl groups is 1. The Labute approximate surface area is 136 Å². The van der Waals surface area contributed by atoms with Gasteiger partial charge in [0.2, 0.25) is 0 Å². The van der Waals surface area contributed by atoms with Crippen molar-refractivity contribution in [2.75, 3.05) is 0 Å². The van der Waals surface area contributed by atoms with Gasteiger partial charge in [0.05, 0.1) is 17.2 Å². The first kappa shape index (κ1) is 16.9. The van der Waals surface area contributed by atoms with Gasteiger partial charge in [0.1, 0.15) is 11.5 Å². The van der Waals surface area contributed by atoms with Crippen LogP contribution in [0.15, 0.2) is 30.5 Å². The van der Waals surface area contributed by atoms with Crippen LogP contribution in [0.5, 0.6) is 0 Å². The molecule has 0 saturated carbocycles. The smallest absolute Gasteiger partial charge is 0.270 e. The molecule has 0 unspecified atom stereocenters. The molecule has 2 rings (SSSR count). The quantitative estimate of drug-likeness (QED) is 0.766. The van der Waals surface area contributed by atoms with Crippen LogP contribution < -0.4 is 11.1 Å². The summed E-state index contributed by atoms with van der Waals surface area (Å²) in [6.45, 7) is -0.332. The average Bonchev–Trinajstić information content (AvgIpc) is 2.54. The maximum Gasteiger partial charge on any atom is 0.270 e. The molecule has 0 saturated heterocycles. The number of hydrogen-bond acceptors (Lipinski definition) is 4. The van der Waals surface area contributed by atoms with Crippen molar-refractivity contribution >= 4 is 23.4 Å². The lowest BCUT2D eigenvalue weighted by molar-refractivity contribution is 0.0942. The summed E-state index contributed by atoms with van der Waals surface area (Å²) < 4.78 is 13.1. The second kappa shape index (κ2) is 7.17. The summed E-state index contributed by atoms with van der Waals surface area (Å²) in [6, 6.07) is 5.38. The number of benzene rings is 1. The first-order valence-electron chi connectivity index (χ1n) is 6.54. The van der Waals surface area contributed by atoms with Gasteiger partial charge in [-0.15, -0.1) is 0 Å². The maximum atomic E-state index is 13.1. The van der Waals surface area contributed by atoms with E-state index in [-0.39, 0.29) is 28.4 Å². The monoisotopic (exact) mass is 337 g/mol. The molecule has 6 nitrogen and oxygen atoms in total. The molecule has 1 aromatic heterocycles. The van der Waals surface area contributed by atoms with Gasteiger partial charge in [0.25, 0.3) is 11.8 Å². The van der Waals surface area contributed by atoms with E-state index >= 15 is 0 Å². The zero-order valence-corrected chi connectivity index (χ0v) is 12.6. The van der Waals surface area contributed by atoms with Gasteiger partial charge in [-0.1, -0.05) is 17.7 Å². The van der Waals surface area contributed by atoms with Crippen LogP contribution in [0.1, 0.15) is 32.0 Å². The predicted molar refractivity (Wildman–Crippen MR) is 81.3 cm³/mol. The number of aromatic nitrogens is 1. The number of hydrogen-bond donors (Lipinski definition) is 3. The van der Waals surface area contributed by atoms with Crippen LogP contribution in [0.25, 0.3) is 0 Å². The third-order valence-corrected chi connectivity index (χ3v) is 3.38. The molecule has 0 bridgehead atoms. The van der Waals surface area contributed by atoms with Crippen molar-refractivity contribution in [2.24, 2.45) is 5.73 Å². The van der Waals surface area contributed by atoms with Gasteiger partial charge < -0.3 is 16.2 Å². The minimum atomic E-state index is -0.741. The molecular formula is C15H13ClFN3O3. The van der Waals surface area contributed by atoms with Crippen LogP contribution in [0, 0.1) is 5.82 Å². The minimum Gasteiger partial charge on any atom is -0.392 e. The summed E-state index contributed by atoms with van der Waals surface area (Å²) in [5.41, 5.74) is 6.04. The summed E-state index contributed by atoms with van der Waals surface area (Å²) in [5, 5.41) is 11.8. The third-order valence-electron chi connectivity index (χ3n) is 3.10. The lowest BCUT2D eigenvalue weighted by atomic mass is 10.1. The van der Waals surface area contributed by atoms with Crippen LogP contribution in [-0.4, -0.2) is 21.9 Å². The summed E-state index contributed by atoms with van der Waals surface area (Å²) in [5.74, 6) is -1.80. The molecule has 0 aliphatic carbocycles. The van der Waals surface area contributed by atoms with Gasteiger partial charge in [-0.25, -0.2) is 4.39 Å². The summed E-state index contributed by atoms with van der Waals surface area (Å²) in [6.07, 6.45) is 1.14. The molecule has 1 aromatic carbocycles. The summed E-state index contributed by atoms with van der Waals surface area (Å²) >= 11 is 5.66. The Balaban J connectivity index is 2.11. The molecule has 0 aliphatic rings.